The zero-order valence-corrected chi connectivity index (χ0v) is 13.7. The van der Waals surface area contributed by atoms with Gasteiger partial charge in [0.05, 0.1) is 19.3 Å². The summed E-state index contributed by atoms with van der Waals surface area (Å²) >= 11 is 0. The molecule has 1 aromatic heterocycles. The second-order valence-electron chi connectivity index (χ2n) is 5.72. The Labute approximate surface area is 141 Å². The summed E-state index contributed by atoms with van der Waals surface area (Å²) in [6, 6.07) is 18.3. The number of benzene rings is 2. The molecule has 0 aliphatic carbocycles. The fourth-order valence-corrected chi connectivity index (χ4v) is 2.35. The van der Waals surface area contributed by atoms with Crippen molar-refractivity contribution in [2.45, 2.75) is 20.0 Å². The van der Waals surface area contributed by atoms with Crippen LogP contribution in [0.3, 0.4) is 0 Å². The van der Waals surface area contributed by atoms with Crippen LogP contribution in [0.2, 0.25) is 0 Å². The Morgan fingerprint density at radius 3 is 2.58 bits per heavy atom. The van der Waals surface area contributed by atoms with Gasteiger partial charge in [0.1, 0.15) is 0 Å². The third-order valence-corrected chi connectivity index (χ3v) is 3.63. The van der Waals surface area contributed by atoms with E-state index in [0.29, 0.717) is 12.5 Å². The van der Waals surface area contributed by atoms with Crippen LogP contribution in [0.5, 0.6) is 0 Å². The zero-order chi connectivity index (χ0) is 16.8. The van der Waals surface area contributed by atoms with Gasteiger partial charge in [0.15, 0.2) is 5.96 Å². The van der Waals surface area contributed by atoms with Crippen molar-refractivity contribution in [2.24, 2.45) is 10.7 Å². The first-order valence-corrected chi connectivity index (χ1v) is 7.88. The van der Waals surface area contributed by atoms with E-state index in [4.69, 9.17) is 5.73 Å². The standard InChI is InChI=1S/C19H21N5/c1-15-7-9-18(10-8-15)23-19(20)21-11-17-12-22-24(14-17)13-16-5-3-2-4-6-16/h2-10,12,14H,11,13H2,1H3,(H3,20,21,23). The molecule has 3 rings (SSSR count). The molecule has 5 nitrogen and oxygen atoms in total. The molecule has 0 aliphatic rings. The Bertz CT molecular complexity index is 803. The molecule has 0 amide bonds. The summed E-state index contributed by atoms with van der Waals surface area (Å²) in [6.07, 6.45) is 3.82. The third-order valence-electron chi connectivity index (χ3n) is 3.63. The zero-order valence-electron chi connectivity index (χ0n) is 13.7. The molecule has 0 spiro atoms. The molecule has 122 valence electrons. The lowest BCUT2D eigenvalue weighted by Gasteiger charge is -2.05. The van der Waals surface area contributed by atoms with Crippen LogP contribution in [0.4, 0.5) is 5.69 Å². The van der Waals surface area contributed by atoms with Crippen LogP contribution in [-0.2, 0) is 13.1 Å². The summed E-state index contributed by atoms with van der Waals surface area (Å²) < 4.78 is 1.91. The molecule has 0 bridgehead atoms. The van der Waals surface area contributed by atoms with Crippen molar-refractivity contribution < 1.29 is 0 Å². The average Bonchev–Trinajstić information content (AvgIpc) is 3.03. The maximum Gasteiger partial charge on any atom is 0.193 e. The molecule has 3 N–H and O–H groups in total. The van der Waals surface area contributed by atoms with Gasteiger partial charge in [-0.25, -0.2) is 4.99 Å². The van der Waals surface area contributed by atoms with E-state index in [1.165, 1.54) is 11.1 Å². The van der Waals surface area contributed by atoms with E-state index in [9.17, 15) is 0 Å². The van der Waals surface area contributed by atoms with E-state index < -0.39 is 0 Å². The van der Waals surface area contributed by atoms with Gasteiger partial charge in [-0.1, -0.05) is 48.0 Å². The smallest absolute Gasteiger partial charge is 0.193 e. The third kappa shape index (κ3) is 4.46. The highest BCUT2D eigenvalue weighted by Gasteiger charge is 2.00. The fraction of sp³-hybridized carbons (Fsp3) is 0.158. The van der Waals surface area contributed by atoms with Gasteiger partial charge in [-0.3, -0.25) is 4.68 Å². The van der Waals surface area contributed by atoms with Gasteiger partial charge in [0.2, 0.25) is 0 Å². The van der Waals surface area contributed by atoms with Gasteiger partial charge < -0.3 is 11.1 Å². The van der Waals surface area contributed by atoms with Crippen LogP contribution >= 0.6 is 0 Å². The first-order valence-electron chi connectivity index (χ1n) is 7.88. The lowest BCUT2D eigenvalue weighted by Crippen LogP contribution is -2.22. The predicted molar refractivity (Wildman–Crippen MR) is 97.9 cm³/mol. The quantitative estimate of drug-likeness (QED) is 0.560. The molecule has 0 atom stereocenters. The molecule has 0 radical (unpaired) electrons. The minimum atomic E-state index is 0.398. The van der Waals surface area contributed by atoms with E-state index in [1.807, 2.05) is 66.5 Å². The summed E-state index contributed by atoms with van der Waals surface area (Å²) in [5.74, 6) is 0.398. The maximum atomic E-state index is 5.93. The van der Waals surface area contributed by atoms with E-state index in [-0.39, 0.29) is 0 Å². The normalized spacial score (nSPS) is 11.5. The number of hydrogen-bond donors (Lipinski definition) is 2. The Balaban J connectivity index is 1.57. The molecule has 1 heterocycles. The Kier molecular flexibility index (Phi) is 4.91. The summed E-state index contributed by atoms with van der Waals surface area (Å²) in [6.45, 7) is 3.30. The number of rotatable bonds is 5. The van der Waals surface area contributed by atoms with Crippen molar-refractivity contribution in [3.05, 3.63) is 83.7 Å². The number of nitrogens with two attached hydrogens (primary N) is 1. The van der Waals surface area contributed by atoms with E-state index in [2.05, 4.69) is 27.5 Å². The predicted octanol–water partition coefficient (Wildman–Crippen LogP) is 3.17. The molecule has 0 saturated carbocycles. The number of aliphatic imine (C=N–C) groups is 1. The molecule has 5 heteroatoms. The lowest BCUT2D eigenvalue weighted by molar-refractivity contribution is 0.686. The summed E-state index contributed by atoms with van der Waals surface area (Å²) in [4.78, 5) is 4.36. The fourth-order valence-electron chi connectivity index (χ4n) is 2.35. The SMILES string of the molecule is Cc1ccc(NC(N)=NCc2cnn(Cc3ccccc3)c2)cc1. The first-order chi connectivity index (χ1) is 11.7. The number of guanidine groups is 1. The number of aryl methyl sites for hydroxylation is 1. The van der Waals surface area contributed by atoms with Gasteiger partial charge in [-0.2, -0.15) is 5.10 Å². The van der Waals surface area contributed by atoms with Crippen LogP contribution in [0.25, 0.3) is 0 Å². The summed E-state index contributed by atoms with van der Waals surface area (Å²) in [5.41, 5.74) is 10.3. The van der Waals surface area contributed by atoms with Crippen molar-refractivity contribution in [2.75, 3.05) is 5.32 Å². The number of hydrogen-bond acceptors (Lipinski definition) is 2. The van der Waals surface area contributed by atoms with Crippen LogP contribution in [0.15, 0.2) is 72.0 Å². The van der Waals surface area contributed by atoms with E-state index >= 15 is 0 Å². The number of nitrogens with zero attached hydrogens (tertiary/aromatic N) is 3. The second-order valence-corrected chi connectivity index (χ2v) is 5.72. The van der Waals surface area contributed by atoms with Gasteiger partial charge in [-0.15, -0.1) is 0 Å². The van der Waals surface area contributed by atoms with E-state index in [0.717, 1.165) is 17.8 Å². The van der Waals surface area contributed by atoms with E-state index in [1.54, 1.807) is 0 Å². The maximum absolute atomic E-state index is 5.93. The van der Waals surface area contributed by atoms with Crippen molar-refractivity contribution in [3.8, 4) is 0 Å². The molecule has 0 fully saturated rings. The molecular formula is C19H21N5. The Morgan fingerprint density at radius 2 is 1.83 bits per heavy atom. The highest BCUT2D eigenvalue weighted by atomic mass is 15.3. The number of anilines is 1. The molecule has 3 aromatic rings. The van der Waals surface area contributed by atoms with Crippen molar-refractivity contribution in [1.82, 2.24) is 9.78 Å². The Morgan fingerprint density at radius 1 is 1.08 bits per heavy atom. The molecular weight excluding hydrogens is 298 g/mol. The van der Waals surface area contributed by atoms with Gasteiger partial charge in [0, 0.05) is 17.4 Å². The molecule has 0 aliphatic heterocycles. The van der Waals surface area contributed by atoms with Gasteiger partial charge in [0.25, 0.3) is 0 Å². The molecule has 0 unspecified atom stereocenters. The summed E-state index contributed by atoms with van der Waals surface area (Å²) in [5, 5.41) is 7.46. The minimum Gasteiger partial charge on any atom is -0.370 e. The Hall–Kier alpha value is -3.08. The van der Waals surface area contributed by atoms with Crippen molar-refractivity contribution in [3.63, 3.8) is 0 Å². The molecule has 0 saturated heterocycles. The highest BCUT2D eigenvalue weighted by molar-refractivity contribution is 5.92. The van der Waals surface area contributed by atoms with Crippen molar-refractivity contribution >= 4 is 11.6 Å². The van der Waals surface area contributed by atoms with Gasteiger partial charge in [-0.05, 0) is 24.6 Å². The van der Waals surface area contributed by atoms with Crippen LogP contribution in [-0.4, -0.2) is 15.7 Å². The highest BCUT2D eigenvalue weighted by Crippen LogP contribution is 2.08. The van der Waals surface area contributed by atoms with Crippen LogP contribution in [0.1, 0.15) is 16.7 Å². The molecule has 24 heavy (non-hydrogen) atoms. The first kappa shape index (κ1) is 15.8. The van der Waals surface area contributed by atoms with Crippen LogP contribution in [0, 0.1) is 6.92 Å². The summed E-state index contributed by atoms with van der Waals surface area (Å²) in [7, 11) is 0. The topological polar surface area (TPSA) is 68.2 Å². The largest absolute Gasteiger partial charge is 0.370 e. The monoisotopic (exact) mass is 319 g/mol. The average molecular weight is 319 g/mol. The molecule has 2 aromatic carbocycles. The lowest BCUT2D eigenvalue weighted by atomic mass is 10.2. The van der Waals surface area contributed by atoms with Gasteiger partial charge >= 0.3 is 0 Å². The second kappa shape index (κ2) is 7.46. The number of aromatic nitrogens is 2. The minimum absolute atomic E-state index is 0.398. The number of nitrogens with one attached hydrogen (secondary N) is 1. The van der Waals surface area contributed by atoms with Crippen molar-refractivity contribution in [1.29, 1.82) is 0 Å². The van der Waals surface area contributed by atoms with Crippen LogP contribution < -0.4 is 11.1 Å².